The van der Waals surface area contributed by atoms with E-state index in [4.69, 9.17) is 4.74 Å². The zero-order chi connectivity index (χ0) is 13.0. The minimum absolute atomic E-state index is 0.632. The highest BCUT2D eigenvalue weighted by atomic mass is 16.5. The summed E-state index contributed by atoms with van der Waals surface area (Å²) >= 11 is 0. The predicted octanol–water partition coefficient (Wildman–Crippen LogP) is 3.32. The maximum Gasteiger partial charge on any atom is 0.213 e. The van der Waals surface area contributed by atoms with Crippen LogP contribution < -0.4 is 10.1 Å². The van der Waals surface area contributed by atoms with Crippen LogP contribution in [-0.4, -0.2) is 12.1 Å². The highest BCUT2D eigenvalue weighted by Crippen LogP contribution is 2.16. The molecule has 1 aromatic carbocycles. The van der Waals surface area contributed by atoms with Gasteiger partial charge in [0, 0.05) is 12.6 Å². The lowest BCUT2D eigenvalue weighted by molar-refractivity contribution is 0.398. The van der Waals surface area contributed by atoms with Gasteiger partial charge in [-0.3, -0.25) is 0 Å². The molecular weight excluding hydrogens is 224 g/mol. The van der Waals surface area contributed by atoms with Crippen LogP contribution in [0.3, 0.4) is 0 Å². The highest BCUT2D eigenvalue weighted by molar-refractivity contribution is 5.44. The molecule has 0 bridgehead atoms. The lowest BCUT2D eigenvalue weighted by atomic mass is 10.0. The van der Waals surface area contributed by atoms with Crippen molar-refractivity contribution in [2.45, 2.75) is 20.4 Å². The van der Waals surface area contributed by atoms with Gasteiger partial charge in [-0.15, -0.1) is 0 Å². The molecule has 0 radical (unpaired) electrons. The van der Waals surface area contributed by atoms with Crippen LogP contribution >= 0.6 is 0 Å². The Labute approximate surface area is 108 Å². The summed E-state index contributed by atoms with van der Waals surface area (Å²) in [6.07, 6.45) is 1.78. The van der Waals surface area contributed by atoms with Crippen LogP contribution in [-0.2, 0) is 6.54 Å². The topological polar surface area (TPSA) is 34.1 Å². The van der Waals surface area contributed by atoms with E-state index in [0.717, 1.165) is 12.2 Å². The quantitative estimate of drug-likeness (QED) is 0.893. The SMILES string of the molecule is COc1ccc(NCc2c(C)cccc2C)cn1. The fraction of sp³-hybridized carbons (Fsp3) is 0.267. The Hall–Kier alpha value is -2.03. The monoisotopic (exact) mass is 242 g/mol. The molecule has 1 heterocycles. The minimum atomic E-state index is 0.632. The second-order valence-corrected chi connectivity index (χ2v) is 4.31. The molecule has 0 fully saturated rings. The van der Waals surface area contributed by atoms with E-state index in [1.165, 1.54) is 16.7 Å². The van der Waals surface area contributed by atoms with E-state index >= 15 is 0 Å². The van der Waals surface area contributed by atoms with Crippen LogP contribution in [0.5, 0.6) is 5.88 Å². The Kier molecular flexibility index (Phi) is 3.82. The molecule has 2 rings (SSSR count). The summed E-state index contributed by atoms with van der Waals surface area (Å²) in [5.41, 5.74) is 4.96. The second kappa shape index (κ2) is 5.54. The lowest BCUT2D eigenvalue weighted by Crippen LogP contribution is -2.03. The third-order valence-corrected chi connectivity index (χ3v) is 3.06. The van der Waals surface area contributed by atoms with Gasteiger partial charge in [0.05, 0.1) is 19.0 Å². The van der Waals surface area contributed by atoms with Crippen LogP contribution in [0.15, 0.2) is 36.5 Å². The third kappa shape index (κ3) is 2.80. The molecule has 0 aliphatic carbocycles. The Bertz CT molecular complexity index is 500. The number of nitrogens with one attached hydrogen (secondary N) is 1. The van der Waals surface area contributed by atoms with Gasteiger partial charge in [0.25, 0.3) is 0 Å². The average molecular weight is 242 g/mol. The van der Waals surface area contributed by atoms with Gasteiger partial charge in [-0.2, -0.15) is 0 Å². The first-order valence-electron chi connectivity index (χ1n) is 5.99. The van der Waals surface area contributed by atoms with Crippen molar-refractivity contribution in [3.63, 3.8) is 0 Å². The fourth-order valence-corrected chi connectivity index (χ4v) is 1.92. The number of hydrogen-bond donors (Lipinski definition) is 1. The van der Waals surface area contributed by atoms with E-state index in [9.17, 15) is 0 Å². The van der Waals surface area contributed by atoms with Gasteiger partial charge in [-0.05, 0) is 36.6 Å². The van der Waals surface area contributed by atoms with Gasteiger partial charge < -0.3 is 10.1 Å². The first-order chi connectivity index (χ1) is 8.70. The lowest BCUT2D eigenvalue weighted by Gasteiger charge is -2.11. The van der Waals surface area contributed by atoms with Crippen LogP contribution in [0.1, 0.15) is 16.7 Å². The molecule has 0 unspecified atom stereocenters. The zero-order valence-corrected chi connectivity index (χ0v) is 11.0. The average Bonchev–Trinajstić information content (AvgIpc) is 2.39. The summed E-state index contributed by atoms with van der Waals surface area (Å²) in [5, 5.41) is 3.38. The van der Waals surface area contributed by atoms with Gasteiger partial charge in [0.2, 0.25) is 5.88 Å². The number of aryl methyl sites for hydroxylation is 2. The maximum absolute atomic E-state index is 5.03. The number of benzene rings is 1. The number of rotatable bonds is 4. The van der Waals surface area contributed by atoms with Gasteiger partial charge in [0.15, 0.2) is 0 Å². The summed E-state index contributed by atoms with van der Waals surface area (Å²) in [7, 11) is 1.62. The number of hydrogen-bond acceptors (Lipinski definition) is 3. The molecule has 0 saturated carbocycles. The summed E-state index contributed by atoms with van der Waals surface area (Å²) in [6.45, 7) is 5.08. The van der Waals surface area contributed by atoms with Gasteiger partial charge in [0.1, 0.15) is 0 Å². The first kappa shape index (κ1) is 12.4. The molecule has 0 aliphatic rings. The van der Waals surface area contributed by atoms with E-state index in [1.54, 1.807) is 13.3 Å². The van der Waals surface area contributed by atoms with E-state index in [2.05, 4.69) is 42.3 Å². The summed E-state index contributed by atoms with van der Waals surface area (Å²) in [4.78, 5) is 4.17. The van der Waals surface area contributed by atoms with Crippen LogP contribution in [0.4, 0.5) is 5.69 Å². The smallest absolute Gasteiger partial charge is 0.213 e. The summed E-state index contributed by atoms with van der Waals surface area (Å²) in [6, 6.07) is 10.2. The van der Waals surface area contributed by atoms with Crippen LogP contribution in [0, 0.1) is 13.8 Å². The zero-order valence-electron chi connectivity index (χ0n) is 11.0. The van der Waals surface area contributed by atoms with E-state index in [0.29, 0.717) is 5.88 Å². The van der Waals surface area contributed by atoms with E-state index in [-0.39, 0.29) is 0 Å². The molecule has 0 atom stereocenters. The normalized spacial score (nSPS) is 10.2. The third-order valence-electron chi connectivity index (χ3n) is 3.06. The van der Waals surface area contributed by atoms with Crippen molar-refractivity contribution < 1.29 is 4.74 Å². The summed E-state index contributed by atoms with van der Waals surface area (Å²) < 4.78 is 5.03. The van der Waals surface area contributed by atoms with Crippen LogP contribution in [0.25, 0.3) is 0 Å². The molecule has 94 valence electrons. The molecule has 18 heavy (non-hydrogen) atoms. The van der Waals surface area contributed by atoms with Crippen molar-refractivity contribution in [1.29, 1.82) is 0 Å². The van der Waals surface area contributed by atoms with Crippen molar-refractivity contribution in [1.82, 2.24) is 4.98 Å². The molecule has 0 saturated heterocycles. The molecule has 1 aromatic heterocycles. The molecule has 3 nitrogen and oxygen atoms in total. The fourth-order valence-electron chi connectivity index (χ4n) is 1.92. The predicted molar refractivity (Wildman–Crippen MR) is 74.0 cm³/mol. The first-order valence-corrected chi connectivity index (χ1v) is 5.99. The highest BCUT2D eigenvalue weighted by Gasteiger charge is 2.02. The number of nitrogens with zero attached hydrogens (tertiary/aromatic N) is 1. The van der Waals surface area contributed by atoms with E-state index < -0.39 is 0 Å². The van der Waals surface area contributed by atoms with Gasteiger partial charge in [-0.1, -0.05) is 18.2 Å². The molecule has 1 N–H and O–H groups in total. The van der Waals surface area contributed by atoms with E-state index in [1.807, 2.05) is 12.1 Å². The summed E-state index contributed by atoms with van der Waals surface area (Å²) in [5.74, 6) is 0.632. The largest absolute Gasteiger partial charge is 0.481 e. The molecule has 0 spiro atoms. The van der Waals surface area contributed by atoms with Crippen molar-refractivity contribution in [2.75, 3.05) is 12.4 Å². The van der Waals surface area contributed by atoms with Crippen molar-refractivity contribution in [3.05, 3.63) is 53.2 Å². The molecule has 0 aliphatic heterocycles. The standard InChI is InChI=1S/C15H18N2O/c1-11-5-4-6-12(2)14(11)10-16-13-7-8-15(18-3)17-9-13/h4-9,16H,10H2,1-3H3. The van der Waals surface area contributed by atoms with Crippen LogP contribution in [0.2, 0.25) is 0 Å². The molecule has 3 heteroatoms. The van der Waals surface area contributed by atoms with Crippen molar-refractivity contribution in [3.8, 4) is 5.88 Å². The van der Waals surface area contributed by atoms with Crippen molar-refractivity contribution in [2.24, 2.45) is 0 Å². The molecule has 2 aromatic rings. The van der Waals surface area contributed by atoms with Gasteiger partial charge in [-0.25, -0.2) is 4.98 Å². The number of pyridine rings is 1. The minimum Gasteiger partial charge on any atom is -0.481 e. The van der Waals surface area contributed by atoms with Crippen molar-refractivity contribution >= 4 is 5.69 Å². The Morgan fingerprint density at radius 1 is 1.11 bits per heavy atom. The maximum atomic E-state index is 5.03. The Morgan fingerprint density at radius 2 is 1.83 bits per heavy atom. The molecule has 0 amide bonds. The number of methoxy groups -OCH3 is 1. The number of anilines is 1. The molecular formula is C15H18N2O. The Balaban J connectivity index is 2.06. The number of ether oxygens (including phenoxy) is 1. The number of aromatic nitrogens is 1. The van der Waals surface area contributed by atoms with Gasteiger partial charge >= 0.3 is 0 Å². The second-order valence-electron chi connectivity index (χ2n) is 4.31. The Morgan fingerprint density at radius 3 is 2.39 bits per heavy atom.